The topological polar surface area (TPSA) is 32.8 Å². The Labute approximate surface area is 153 Å². The van der Waals surface area contributed by atoms with Gasteiger partial charge in [-0.3, -0.25) is 4.90 Å². The molecule has 0 spiro atoms. The number of carbonyl (C=O) groups is 1. The normalized spacial score (nSPS) is 15.4. The van der Waals surface area contributed by atoms with Gasteiger partial charge in [-0.2, -0.15) is 0 Å². The van der Waals surface area contributed by atoms with Crippen LogP contribution >= 0.6 is 0 Å². The van der Waals surface area contributed by atoms with Gasteiger partial charge in [0.05, 0.1) is 0 Å². The van der Waals surface area contributed by atoms with Crippen LogP contribution in [-0.2, 0) is 6.42 Å². The minimum Gasteiger partial charge on any atom is -0.410 e. The molecule has 0 unspecified atom stereocenters. The number of aryl methyl sites for hydroxylation is 1. The molecule has 25 heavy (non-hydrogen) atoms. The summed E-state index contributed by atoms with van der Waals surface area (Å²) in [7, 11) is 0. The fourth-order valence-electron chi connectivity index (χ4n) is 3.21. The van der Waals surface area contributed by atoms with Crippen LogP contribution in [0.2, 0.25) is 0 Å². The molecule has 0 radical (unpaired) electrons. The molecule has 1 saturated heterocycles. The van der Waals surface area contributed by atoms with E-state index in [0.29, 0.717) is 5.75 Å². The van der Waals surface area contributed by atoms with E-state index >= 15 is 0 Å². The van der Waals surface area contributed by atoms with E-state index in [1.54, 1.807) is 0 Å². The van der Waals surface area contributed by atoms with Gasteiger partial charge in [-0.05, 0) is 43.5 Å². The molecule has 1 aliphatic rings. The number of piperazine rings is 1. The first-order valence-electron chi connectivity index (χ1n) is 10.0. The number of benzene rings is 1. The largest absolute Gasteiger partial charge is 0.415 e. The Bertz CT molecular complexity index is 493. The highest BCUT2D eigenvalue weighted by Crippen LogP contribution is 2.16. The summed E-state index contributed by atoms with van der Waals surface area (Å²) in [6, 6.07) is 7.98. The van der Waals surface area contributed by atoms with Gasteiger partial charge in [0.25, 0.3) is 0 Å². The van der Waals surface area contributed by atoms with Gasteiger partial charge in [-0.25, -0.2) is 4.79 Å². The second-order valence-electron chi connectivity index (χ2n) is 7.00. The summed E-state index contributed by atoms with van der Waals surface area (Å²) in [5, 5.41) is 0. The summed E-state index contributed by atoms with van der Waals surface area (Å²) < 4.78 is 5.54. The van der Waals surface area contributed by atoms with Gasteiger partial charge >= 0.3 is 6.09 Å². The Balaban J connectivity index is 1.71. The summed E-state index contributed by atoms with van der Waals surface area (Å²) in [4.78, 5) is 16.6. The molecule has 0 aromatic heterocycles. The van der Waals surface area contributed by atoms with Crippen LogP contribution in [0.15, 0.2) is 24.3 Å². The van der Waals surface area contributed by atoms with Crippen LogP contribution < -0.4 is 4.74 Å². The highest BCUT2D eigenvalue weighted by Gasteiger charge is 2.22. The number of hydrogen-bond acceptors (Lipinski definition) is 3. The number of carbonyl (C=O) groups excluding carboxylic acids is 1. The molecule has 0 saturated carbocycles. The third kappa shape index (κ3) is 7.07. The highest BCUT2D eigenvalue weighted by atomic mass is 16.6. The molecular weight excluding hydrogens is 312 g/mol. The van der Waals surface area contributed by atoms with Gasteiger partial charge < -0.3 is 9.64 Å². The second kappa shape index (κ2) is 11.1. The number of unbranched alkanes of at least 4 members (excludes halogenated alkanes) is 4. The standard InChI is InChI=1S/C21H34N2O2/c1-3-5-7-9-19-10-12-20(13-11-19)25-21(24)23-17-15-22(16-18-23)14-8-6-4-2/h10-13H,3-9,14-18H2,1-2H3. The van der Waals surface area contributed by atoms with Crippen molar-refractivity contribution in [2.45, 2.75) is 58.8 Å². The monoisotopic (exact) mass is 346 g/mol. The smallest absolute Gasteiger partial charge is 0.410 e. The molecule has 140 valence electrons. The summed E-state index contributed by atoms with van der Waals surface area (Å²) in [5.41, 5.74) is 1.31. The zero-order valence-electron chi connectivity index (χ0n) is 16.0. The third-order valence-electron chi connectivity index (χ3n) is 4.91. The number of ether oxygens (including phenoxy) is 1. The molecule has 1 aromatic rings. The molecule has 0 N–H and O–H groups in total. The molecule has 4 nitrogen and oxygen atoms in total. The Morgan fingerprint density at radius 1 is 0.920 bits per heavy atom. The van der Waals surface area contributed by atoms with Crippen LogP contribution in [-0.4, -0.2) is 48.6 Å². The average molecular weight is 347 g/mol. The molecule has 0 bridgehead atoms. The van der Waals surface area contributed by atoms with Crippen molar-refractivity contribution in [3.05, 3.63) is 29.8 Å². The molecule has 1 amide bonds. The lowest BCUT2D eigenvalue weighted by Gasteiger charge is -2.34. The van der Waals surface area contributed by atoms with Crippen LogP contribution in [0.25, 0.3) is 0 Å². The maximum absolute atomic E-state index is 12.3. The van der Waals surface area contributed by atoms with Crippen molar-refractivity contribution in [2.24, 2.45) is 0 Å². The number of rotatable bonds is 9. The lowest BCUT2D eigenvalue weighted by Crippen LogP contribution is -2.49. The van der Waals surface area contributed by atoms with E-state index in [1.807, 2.05) is 17.0 Å². The maximum Gasteiger partial charge on any atom is 0.415 e. The molecule has 4 heteroatoms. The second-order valence-corrected chi connectivity index (χ2v) is 7.00. The zero-order chi connectivity index (χ0) is 17.9. The van der Waals surface area contributed by atoms with E-state index in [1.165, 1.54) is 44.1 Å². The molecule has 1 aromatic carbocycles. The molecular formula is C21H34N2O2. The van der Waals surface area contributed by atoms with Crippen LogP contribution in [0.1, 0.15) is 57.9 Å². The Hall–Kier alpha value is -1.55. The fraction of sp³-hybridized carbons (Fsp3) is 0.667. The van der Waals surface area contributed by atoms with Crippen molar-refractivity contribution in [1.29, 1.82) is 0 Å². The quantitative estimate of drug-likeness (QED) is 0.606. The van der Waals surface area contributed by atoms with Crippen LogP contribution in [0.4, 0.5) is 4.79 Å². The van der Waals surface area contributed by atoms with Crippen molar-refractivity contribution in [3.63, 3.8) is 0 Å². The van der Waals surface area contributed by atoms with Crippen LogP contribution in [0.5, 0.6) is 5.75 Å². The summed E-state index contributed by atoms with van der Waals surface area (Å²) >= 11 is 0. The molecule has 1 heterocycles. The van der Waals surface area contributed by atoms with Crippen LogP contribution in [0.3, 0.4) is 0 Å². The highest BCUT2D eigenvalue weighted by molar-refractivity contribution is 5.70. The predicted molar refractivity (Wildman–Crippen MR) is 103 cm³/mol. The first-order chi connectivity index (χ1) is 12.2. The average Bonchev–Trinajstić information content (AvgIpc) is 2.64. The molecule has 0 aliphatic carbocycles. The maximum atomic E-state index is 12.3. The van der Waals surface area contributed by atoms with Crippen molar-refractivity contribution < 1.29 is 9.53 Å². The van der Waals surface area contributed by atoms with Crippen molar-refractivity contribution in [1.82, 2.24) is 9.80 Å². The van der Waals surface area contributed by atoms with Gasteiger partial charge in [0.15, 0.2) is 0 Å². The van der Waals surface area contributed by atoms with E-state index in [0.717, 1.165) is 39.1 Å². The first-order valence-corrected chi connectivity index (χ1v) is 10.0. The Morgan fingerprint density at radius 3 is 2.20 bits per heavy atom. The van der Waals surface area contributed by atoms with E-state index in [-0.39, 0.29) is 6.09 Å². The van der Waals surface area contributed by atoms with E-state index in [9.17, 15) is 4.79 Å². The van der Waals surface area contributed by atoms with Gasteiger partial charge in [0, 0.05) is 26.2 Å². The minimum absolute atomic E-state index is 0.216. The van der Waals surface area contributed by atoms with Gasteiger partial charge in [-0.15, -0.1) is 0 Å². The molecule has 2 rings (SSSR count). The molecule has 1 fully saturated rings. The van der Waals surface area contributed by atoms with Crippen molar-refractivity contribution in [2.75, 3.05) is 32.7 Å². The van der Waals surface area contributed by atoms with Gasteiger partial charge in [0.2, 0.25) is 0 Å². The molecule has 1 aliphatic heterocycles. The number of amides is 1. The van der Waals surface area contributed by atoms with Crippen LogP contribution in [0, 0.1) is 0 Å². The SMILES string of the molecule is CCCCCc1ccc(OC(=O)N2CCN(CCCCC)CC2)cc1. The van der Waals surface area contributed by atoms with E-state index in [4.69, 9.17) is 4.74 Å². The first kappa shape index (κ1) is 19.8. The third-order valence-corrected chi connectivity index (χ3v) is 4.91. The fourth-order valence-corrected chi connectivity index (χ4v) is 3.21. The zero-order valence-corrected chi connectivity index (χ0v) is 16.0. The summed E-state index contributed by atoms with van der Waals surface area (Å²) in [5.74, 6) is 0.648. The lowest BCUT2D eigenvalue weighted by molar-refractivity contribution is 0.110. The van der Waals surface area contributed by atoms with Gasteiger partial charge in [-0.1, -0.05) is 51.7 Å². The van der Waals surface area contributed by atoms with Gasteiger partial charge in [0.1, 0.15) is 5.75 Å². The Morgan fingerprint density at radius 2 is 1.56 bits per heavy atom. The number of hydrogen-bond donors (Lipinski definition) is 0. The summed E-state index contributed by atoms with van der Waals surface area (Å²) in [6.45, 7) is 9.03. The van der Waals surface area contributed by atoms with E-state index < -0.39 is 0 Å². The summed E-state index contributed by atoms with van der Waals surface area (Å²) in [6.07, 6.45) is 8.40. The number of nitrogens with zero attached hydrogens (tertiary/aromatic N) is 2. The van der Waals surface area contributed by atoms with E-state index in [2.05, 4.69) is 30.9 Å². The minimum atomic E-state index is -0.216. The van der Waals surface area contributed by atoms with Crippen molar-refractivity contribution >= 4 is 6.09 Å². The Kier molecular flexibility index (Phi) is 8.81. The van der Waals surface area contributed by atoms with Crippen molar-refractivity contribution in [3.8, 4) is 5.75 Å². The molecule has 0 atom stereocenters. The predicted octanol–water partition coefficient (Wildman–Crippen LogP) is 4.73. The lowest BCUT2D eigenvalue weighted by atomic mass is 10.1.